The molecular formula is C9H15BrN4O3S. The number of morpholine rings is 1. The van der Waals surface area contributed by atoms with E-state index in [-0.39, 0.29) is 15.7 Å². The fourth-order valence-corrected chi connectivity index (χ4v) is 4.36. The highest BCUT2D eigenvalue weighted by Gasteiger charge is 2.34. The van der Waals surface area contributed by atoms with E-state index in [2.05, 4.69) is 26.2 Å². The minimum absolute atomic E-state index is 0.0477. The third-order valence-corrected chi connectivity index (χ3v) is 5.63. The van der Waals surface area contributed by atoms with Gasteiger partial charge in [-0.2, -0.15) is 4.31 Å². The van der Waals surface area contributed by atoms with Crippen LogP contribution in [0.5, 0.6) is 0 Å². The zero-order chi connectivity index (χ0) is 13.3. The van der Waals surface area contributed by atoms with Crippen molar-refractivity contribution in [1.82, 2.24) is 19.3 Å². The number of nitrogens with zero attached hydrogens (tertiary/aromatic N) is 4. The van der Waals surface area contributed by atoms with Crippen molar-refractivity contribution in [2.45, 2.75) is 24.5 Å². The summed E-state index contributed by atoms with van der Waals surface area (Å²) in [5, 5.41) is 7.49. The first-order valence-electron chi connectivity index (χ1n) is 5.63. The van der Waals surface area contributed by atoms with Gasteiger partial charge in [0.05, 0.1) is 12.7 Å². The standard InChI is InChI=1S/C9H15BrN4O3S/c1-3-7-6-14(4-5-17-7)18(15,16)9-8(10)11-12-13(9)2/h7H,3-6H2,1-2H3. The summed E-state index contributed by atoms with van der Waals surface area (Å²) >= 11 is 3.12. The van der Waals surface area contributed by atoms with Crippen LogP contribution in [0.1, 0.15) is 13.3 Å². The Morgan fingerprint density at radius 2 is 2.28 bits per heavy atom. The monoisotopic (exact) mass is 338 g/mol. The van der Waals surface area contributed by atoms with E-state index in [0.29, 0.717) is 19.7 Å². The van der Waals surface area contributed by atoms with Gasteiger partial charge in [-0.05, 0) is 22.4 Å². The van der Waals surface area contributed by atoms with Gasteiger partial charge in [0.1, 0.15) is 0 Å². The summed E-state index contributed by atoms with van der Waals surface area (Å²) in [5.74, 6) is 0. The molecule has 0 N–H and O–H groups in total. The Kier molecular flexibility index (Phi) is 4.05. The molecule has 1 atom stereocenters. The lowest BCUT2D eigenvalue weighted by molar-refractivity contribution is -0.00291. The molecule has 1 saturated heterocycles. The van der Waals surface area contributed by atoms with E-state index < -0.39 is 10.0 Å². The maximum atomic E-state index is 12.5. The molecule has 9 heteroatoms. The lowest BCUT2D eigenvalue weighted by Gasteiger charge is -2.31. The van der Waals surface area contributed by atoms with Crippen molar-refractivity contribution in [2.75, 3.05) is 19.7 Å². The highest BCUT2D eigenvalue weighted by molar-refractivity contribution is 9.10. The molecule has 1 aromatic heterocycles. The van der Waals surface area contributed by atoms with Gasteiger partial charge in [-0.3, -0.25) is 0 Å². The Labute approximate surface area is 114 Å². The van der Waals surface area contributed by atoms with Crippen LogP contribution in [0.3, 0.4) is 0 Å². The van der Waals surface area contributed by atoms with Crippen molar-refractivity contribution in [3.63, 3.8) is 0 Å². The van der Waals surface area contributed by atoms with Gasteiger partial charge >= 0.3 is 0 Å². The molecule has 0 aliphatic carbocycles. The average Bonchev–Trinajstić information content (AvgIpc) is 2.69. The van der Waals surface area contributed by atoms with Crippen LogP contribution >= 0.6 is 15.9 Å². The summed E-state index contributed by atoms with van der Waals surface area (Å²) in [6, 6.07) is 0. The Morgan fingerprint density at radius 3 is 2.83 bits per heavy atom. The Bertz CT molecular complexity index is 510. The van der Waals surface area contributed by atoms with Gasteiger partial charge in [-0.1, -0.05) is 12.1 Å². The highest BCUT2D eigenvalue weighted by Crippen LogP contribution is 2.24. The minimum Gasteiger partial charge on any atom is -0.375 e. The first kappa shape index (κ1) is 13.9. The van der Waals surface area contributed by atoms with E-state index in [9.17, 15) is 8.42 Å². The fraction of sp³-hybridized carbons (Fsp3) is 0.778. The fourth-order valence-electron chi connectivity index (χ4n) is 1.88. The van der Waals surface area contributed by atoms with Gasteiger partial charge in [0.15, 0.2) is 4.60 Å². The van der Waals surface area contributed by atoms with Gasteiger partial charge in [-0.15, -0.1) is 5.10 Å². The molecule has 0 radical (unpaired) electrons. The van der Waals surface area contributed by atoms with Gasteiger partial charge in [0, 0.05) is 20.1 Å². The van der Waals surface area contributed by atoms with Crippen molar-refractivity contribution >= 4 is 26.0 Å². The maximum Gasteiger partial charge on any atom is 0.263 e. The third kappa shape index (κ3) is 2.44. The highest BCUT2D eigenvalue weighted by atomic mass is 79.9. The van der Waals surface area contributed by atoms with Gasteiger partial charge < -0.3 is 4.74 Å². The molecule has 102 valence electrons. The Balaban J connectivity index is 2.31. The predicted molar refractivity (Wildman–Crippen MR) is 67.5 cm³/mol. The number of hydrogen-bond donors (Lipinski definition) is 0. The molecule has 0 spiro atoms. The van der Waals surface area contributed by atoms with Crippen LogP contribution in [0.25, 0.3) is 0 Å². The molecule has 2 rings (SSSR count). The molecule has 1 unspecified atom stereocenters. The molecule has 18 heavy (non-hydrogen) atoms. The van der Waals surface area contributed by atoms with E-state index in [1.54, 1.807) is 7.05 Å². The molecule has 1 fully saturated rings. The molecule has 7 nitrogen and oxygen atoms in total. The summed E-state index contributed by atoms with van der Waals surface area (Å²) in [4.78, 5) is 0. The Morgan fingerprint density at radius 1 is 1.56 bits per heavy atom. The topological polar surface area (TPSA) is 77.3 Å². The molecule has 0 bridgehead atoms. The summed E-state index contributed by atoms with van der Waals surface area (Å²) in [7, 11) is -2.02. The number of sulfonamides is 1. The molecule has 1 aliphatic heterocycles. The van der Waals surface area contributed by atoms with E-state index >= 15 is 0 Å². The van der Waals surface area contributed by atoms with Crippen molar-refractivity contribution in [3.8, 4) is 0 Å². The van der Waals surface area contributed by atoms with Crippen molar-refractivity contribution in [1.29, 1.82) is 0 Å². The van der Waals surface area contributed by atoms with Crippen LogP contribution in [0.15, 0.2) is 9.63 Å². The third-order valence-electron chi connectivity index (χ3n) is 2.88. The van der Waals surface area contributed by atoms with Crippen molar-refractivity contribution in [3.05, 3.63) is 4.60 Å². The molecule has 0 aromatic carbocycles. The van der Waals surface area contributed by atoms with E-state index in [4.69, 9.17) is 4.74 Å². The molecule has 2 heterocycles. The molecule has 1 aliphatic rings. The quantitative estimate of drug-likeness (QED) is 0.796. The molecule has 0 saturated carbocycles. The van der Waals surface area contributed by atoms with E-state index in [0.717, 1.165) is 6.42 Å². The van der Waals surface area contributed by atoms with Crippen molar-refractivity contribution in [2.24, 2.45) is 7.05 Å². The first-order chi connectivity index (χ1) is 8.46. The van der Waals surface area contributed by atoms with Crippen LogP contribution < -0.4 is 0 Å². The summed E-state index contributed by atoms with van der Waals surface area (Å²) in [5.41, 5.74) is 0. The largest absolute Gasteiger partial charge is 0.375 e. The minimum atomic E-state index is -3.58. The normalized spacial score (nSPS) is 22.3. The lowest BCUT2D eigenvalue weighted by Crippen LogP contribution is -2.45. The van der Waals surface area contributed by atoms with Crippen LogP contribution in [-0.2, 0) is 21.8 Å². The number of rotatable bonds is 3. The second-order valence-corrected chi connectivity index (χ2v) is 6.68. The number of halogens is 1. The summed E-state index contributed by atoms with van der Waals surface area (Å²) < 4.78 is 33.4. The second-order valence-electron chi connectivity index (χ2n) is 4.07. The zero-order valence-electron chi connectivity index (χ0n) is 10.2. The number of hydrogen-bond acceptors (Lipinski definition) is 5. The second kappa shape index (κ2) is 5.24. The van der Waals surface area contributed by atoms with E-state index in [1.807, 2.05) is 6.92 Å². The average molecular weight is 339 g/mol. The predicted octanol–water partition coefficient (Wildman–Crippen LogP) is 0.377. The van der Waals surface area contributed by atoms with Gasteiger partial charge in [0.25, 0.3) is 10.0 Å². The summed E-state index contributed by atoms with van der Waals surface area (Å²) in [6.45, 7) is 3.12. The molecule has 0 amide bonds. The van der Waals surface area contributed by atoms with Gasteiger partial charge in [0.2, 0.25) is 5.03 Å². The van der Waals surface area contributed by atoms with Crippen LogP contribution in [0.4, 0.5) is 0 Å². The molecular weight excluding hydrogens is 324 g/mol. The van der Waals surface area contributed by atoms with Crippen LogP contribution in [0.2, 0.25) is 0 Å². The number of aromatic nitrogens is 3. The first-order valence-corrected chi connectivity index (χ1v) is 7.87. The smallest absolute Gasteiger partial charge is 0.263 e. The van der Waals surface area contributed by atoms with Crippen LogP contribution in [-0.4, -0.2) is 53.5 Å². The number of ether oxygens (including phenoxy) is 1. The summed E-state index contributed by atoms with van der Waals surface area (Å²) in [6.07, 6.45) is 0.741. The van der Waals surface area contributed by atoms with Crippen LogP contribution in [0, 0.1) is 0 Å². The number of aryl methyl sites for hydroxylation is 1. The van der Waals surface area contributed by atoms with Crippen molar-refractivity contribution < 1.29 is 13.2 Å². The Hall–Kier alpha value is -0.510. The maximum absolute atomic E-state index is 12.5. The molecule has 1 aromatic rings. The van der Waals surface area contributed by atoms with E-state index in [1.165, 1.54) is 8.99 Å². The SMILES string of the molecule is CCC1CN(S(=O)(=O)c2c(Br)nnn2C)CCO1. The zero-order valence-corrected chi connectivity index (χ0v) is 12.6. The van der Waals surface area contributed by atoms with Gasteiger partial charge in [-0.25, -0.2) is 13.1 Å². The lowest BCUT2D eigenvalue weighted by atomic mass is 10.2.